The Balaban J connectivity index is 2.33. The standard InChI is InChI=1S/C8H9ClN4S/c1-5(2)13-11-8(10-12-13)6-3-4-7(9)14-6/h3-5H,1-2H3. The first-order valence-electron chi connectivity index (χ1n) is 4.22. The fourth-order valence-corrected chi connectivity index (χ4v) is 1.94. The molecule has 0 amide bonds. The topological polar surface area (TPSA) is 43.6 Å². The highest BCUT2D eigenvalue weighted by atomic mass is 35.5. The lowest BCUT2D eigenvalue weighted by Crippen LogP contribution is -2.04. The van der Waals surface area contributed by atoms with Gasteiger partial charge in [0.1, 0.15) is 0 Å². The number of thiophene rings is 1. The summed E-state index contributed by atoms with van der Waals surface area (Å²) in [6, 6.07) is 3.96. The minimum Gasteiger partial charge on any atom is -0.161 e. The van der Waals surface area contributed by atoms with Gasteiger partial charge in [-0.15, -0.1) is 21.5 Å². The van der Waals surface area contributed by atoms with Gasteiger partial charge in [-0.05, 0) is 31.2 Å². The lowest BCUT2D eigenvalue weighted by molar-refractivity contribution is 0.455. The zero-order chi connectivity index (χ0) is 10.1. The van der Waals surface area contributed by atoms with Crippen LogP contribution in [0.1, 0.15) is 19.9 Å². The second kappa shape index (κ2) is 3.67. The predicted molar refractivity (Wildman–Crippen MR) is 56.5 cm³/mol. The third-order valence-corrected chi connectivity index (χ3v) is 2.91. The lowest BCUT2D eigenvalue weighted by Gasteiger charge is -1.98. The van der Waals surface area contributed by atoms with E-state index in [1.54, 1.807) is 4.80 Å². The van der Waals surface area contributed by atoms with Crippen LogP contribution in [-0.4, -0.2) is 20.2 Å². The van der Waals surface area contributed by atoms with Gasteiger partial charge in [0.15, 0.2) is 0 Å². The third-order valence-electron chi connectivity index (χ3n) is 1.68. The summed E-state index contributed by atoms with van der Waals surface area (Å²) in [6.07, 6.45) is 0. The summed E-state index contributed by atoms with van der Waals surface area (Å²) in [7, 11) is 0. The van der Waals surface area contributed by atoms with Crippen molar-refractivity contribution in [3.8, 4) is 10.7 Å². The maximum atomic E-state index is 5.82. The molecule has 0 N–H and O–H groups in total. The molecule has 74 valence electrons. The largest absolute Gasteiger partial charge is 0.214 e. The van der Waals surface area contributed by atoms with E-state index in [0.29, 0.717) is 5.82 Å². The zero-order valence-corrected chi connectivity index (χ0v) is 9.38. The molecule has 0 aliphatic carbocycles. The van der Waals surface area contributed by atoms with Crippen molar-refractivity contribution in [2.75, 3.05) is 0 Å². The van der Waals surface area contributed by atoms with Crippen LogP contribution in [-0.2, 0) is 0 Å². The summed E-state index contributed by atoms with van der Waals surface area (Å²) in [4.78, 5) is 2.53. The Kier molecular flexibility index (Phi) is 2.52. The van der Waals surface area contributed by atoms with Crippen LogP contribution < -0.4 is 0 Å². The maximum Gasteiger partial charge on any atom is 0.214 e. The monoisotopic (exact) mass is 228 g/mol. The Morgan fingerprint density at radius 2 is 2.21 bits per heavy atom. The van der Waals surface area contributed by atoms with Crippen molar-refractivity contribution in [3.63, 3.8) is 0 Å². The number of hydrogen-bond acceptors (Lipinski definition) is 4. The molecule has 2 aromatic heterocycles. The molecule has 0 fully saturated rings. The van der Waals surface area contributed by atoms with Gasteiger partial charge in [-0.1, -0.05) is 11.6 Å². The Morgan fingerprint density at radius 3 is 2.71 bits per heavy atom. The molecule has 0 unspecified atom stereocenters. The second-order valence-electron chi connectivity index (χ2n) is 3.13. The van der Waals surface area contributed by atoms with Gasteiger partial charge in [0.05, 0.1) is 15.3 Å². The van der Waals surface area contributed by atoms with E-state index in [1.165, 1.54) is 11.3 Å². The summed E-state index contributed by atoms with van der Waals surface area (Å²) in [6.45, 7) is 4.01. The summed E-state index contributed by atoms with van der Waals surface area (Å²) in [5, 5.41) is 12.1. The molecule has 0 aliphatic heterocycles. The van der Waals surface area contributed by atoms with Gasteiger partial charge in [0, 0.05) is 0 Å². The fraction of sp³-hybridized carbons (Fsp3) is 0.375. The summed E-state index contributed by atoms with van der Waals surface area (Å²) in [5.41, 5.74) is 0. The normalized spacial score (nSPS) is 11.1. The minimum atomic E-state index is 0.228. The second-order valence-corrected chi connectivity index (χ2v) is 4.85. The Labute approximate surface area is 90.5 Å². The minimum absolute atomic E-state index is 0.228. The zero-order valence-electron chi connectivity index (χ0n) is 7.81. The maximum absolute atomic E-state index is 5.82. The summed E-state index contributed by atoms with van der Waals surface area (Å²) in [5.74, 6) is 0.635. The van der Waals surface area contributed by atoms with E-state index in [0.717, 1.165) is 9.21 Å². The van der Waals surface area contributed by atoms with E-state index in [4.69, 9.17) is 11.6 Å². The van der Waals surface area contributed by atoms with Gasteiger partial charge < -0.3 is 0 Å². The molecule has 0 spiro atoms. The summed E-state index contributed by atoms with van der Waals surface area (Å²) >= 11 is 7.27. The number of hydrogen-bond donors (Lipinski definition) is 0. The van der Waals surface area contributed by atoms with Crippen LogP contribution in [0.25, 0.3) is 10.7 Å². The van der Waals surface area contributed by atoms with Crippen molar-refractivity contribution in [1.82, 2.24) is 20.2 Å². The highest BCUT2D eigenvalue weighted by Crippen LogP contribution is 2.28. The van der Waals surface area contributed by atoms with Crippen molar-refractivity contribution in [2.24, 2.45) is 0 Å². The Bertz CT molecular complexity index is 434. The van der Waals surface area contributed by atoms with Crippen molar-refractivity contribution < 1.29 is 0 Å². The predicted octanol–water partition coefficient (Wildman–Crippen LogP) is 2.64. The molecule has 0 atom stereocenters. The smallest absolute Gasteiger partial charge is 0.161 e. The lowest BCUT2D eigenvalue weighted by atomic mass is 10.4. The van der Waals surface area contributed by atoms with Gasteiger partial charge in [0.2, 0.25) is 5.82 Å². The molecule has 0 bridgehead atoms. The molecule has 0 saturated heterocycles. The molecule has 0 saturated carbocycles. The van der Waals surface area contributed by atoms with Gasteiger partial charge in [0.25, 0.3) is 0 Å². The SMILES string of the molecule is CC(C)n1nnc(-c2ccc(Cl)s2)n1. The van der Waals surface area contributed by atoms with Crippen molar-refractivity contribution in [1.29, 1.82) is 0 Å². The molecular formula is C8H9ClN4S. The van der Waals surface area contributed by atoms with E-state index in [9.17, 15) is 0 Å². The Morgan fingerprint density at radius 1 is 1.43 bits per heavy atom. The van der Waals surface area contributed by atoms with Gasteiger partial charge in [-0.25, -0.2) is 0 Å². The third kappa shape index (κ3) is 1.78. The van der Waals surface area contributed by atoms with Crippen molar-refractivity contribution >= 4 is 22.9 Å². The van der Waals surface area contributed by atoms with Gasteiger partial charge >= 0.3 is 0 Å². The first-order valence-corrected chi connectivity index (χ1v) is 5.41. The van der Waals surface area contributed by atoms with Crippen molar-refractivity contribution in [2.45, 2.75) is 19.9 Å². The van der Waals surface area contributed by atoms with Crippen molar-refractivity contribution in [3.05, 3.63) is 16.5 Å². The van der Waals surface area contributed by atoms with Crippen LogP contribution in [0, 0.1) is 0 Å². The molecule has 0 aliphatic rings. The number of rotatable bonds is 2. The molecule has 4 nitrogen and oxygen atoms in total. The first-order chi connectivity index (χ1) is 6.66. The highest BCUT2D eigenvalue weighted by molar-refractivity contribution is 7.19. The number of aromatic nitrogens is 4. The van der Waals surface area contributed by atoms with Crippen LogP contribution in [0.4, 0.5) is 0 Å². The molecule has 0 radical (unpaired) electrons. The fourth-order valence-electron chi connectivity index (χ4n) is 0.977. The number of nitrogens with zero attached hydrogens (tertiary/aromatic N) is 4. The molecule has 2 aromatic rings. The van der Waals surface area contributed by atoms with Gasteiger partial charge in [-0.3, -0.25) is 0 Å². The molecule has 2 heterocycles. The number of halogens is 1. The molecular weight excluding hydrogens is 220 g/mol. The number of tetrazole rings is 1. The molecule has 0 aromatic carbocycles. The van der Waals surface area contributed by atoms with E-state index in [2.05, 4.69) is 15.4 Å². The first kappa shape index (κ1) is 9.61. The highest BCUT2D eigenvalue weighted by Gasteiger charge is 2.09. The van der Waals surface area contributed by atoms with Crippen LogP contribution >= 0.6 is 22.9 Å². The van der Waals surface area contributed by atoms with Crippen LogP contribution in [0.3, 0.4) is 0 Å². The van der Waals surface area contributed by atoms with E-state index in [-0.39, 0.29) is 6.04 Å². The quantitative estimate of drug-likeness (QED) is 0.794. The molecule has 2 rings (SSSR count). The summed E-state index contributed by atoms with van der Waals surface area (Å²) < 4.78 is 0.737. The van der Waals surface area contributed by atoms with E-state index in [1.807, 2.05) is 26.0 Å². The Hall–Kier alpha value is -0.940. The molecule has 6 heteroatoms. The molecule has 14 heavy (non-hydrogen) atoms. The van der Waals surface area contributed by atoms with E-state index < -0.39 is 0 Å². The average molecular weight is 229 g/mol. The van der Waals surface area contributed by atoms with E-state index >= 15 is 0 Å². The van der Waals surface area contributed by atoms with Crippen LogP contribution in [0.5, 0.6) is 0 Å². The van der Waals surface area contributed by atoms with Crippen LogP contribution in [0.15, 0.2) is 12.1 Å². The van der Waals surface area contributed by atoms with Crippen LogP contribution in [0.2, 0.25) is 4.34 Å². The average Bonchev–Trinajstić information content (AvgIpc) is 2.70. The van der Waals surface area contributed by atoms with Gasteiger partial charge in [-0.2, -0.15) is 4.80 Å².